The quantitative estimate of drug-likeness (QED) is 0.360. The molecule has 1 fully saturated rings. The summed E-state index contributed by atoms with van der Waals surface area (Å²) >= 11 is 0. The Balaban J connectivity index is 1.36. The summed E-state index contributed by atoms with van der Waals surface area (Å²) in [7, 11) is 0. The summed E-state index contributed by atoms with van der Waals surface area (Å²) in [5, 5.41) is 17.1. The molecule has 0 unspecified atom stereocenters. The highest BCUT2D eigenvalue weighted by atomic mass is 16.5. The zero-order chi connectivity index (χ0) is 20.8. The third kappa shape index (κ3) is 5.20. The van der Waals surface area contributed by atoms with Gasteiger partial charge in [0.15, 0.2) is 0 Å². The van der Waals surface area contributed by atoms with Crippen LogP contribution in [0, 0.1) is 0 Å². The van der Waals surface area contributed by atoms with Crippen LogP contribution in [0.2, 0.25) is 0 Å². The van der Waals surface area contributed by atoms with Crippen LogP contribution in [0.3, 0.4) is 0 Å². The summed E-state index contributed by atoms with van der Waals surface area (Å²) < 4.78 is 1.82. The Morgan fingerprint density at radius 2 is 1.67 bits per heavy atom. The summed E-state index contributed by atoms with van der Waals surface area (Å²) in [6.07, 6.45) is 7.48. The van der Waals surface area contributed by atoms with E-state index in [9.17, 15) is 4.79 Å². The van der Waals surface area contributed by atoms with Crippen LogP contribution in [0.5, 0.6) is 0 Å². The van der Waals surface area contributed by atoms with Crippen LogP contribution in [0.4, 0.5) is 0 Å². The number of benzene rings is 2. The summed E-state index contributed by atoms with van der Waals surface area (Å²) in [5.41, 5.74) is 6.77. The zero-order valence-electron chi connectivity index (χ0n) is 16.7. The first-order chi connectivity index (χ1) is 14.7. The predicted molar refractivity (Wildman–Crippen MR) is 114 cm³/mol. The standard InChI is InChI=1S/C23H25N5O2/c29-23(25-30)12-9-18-3-5-20(6-4-18)16-28-17-22(24-26-28)21-10-7-19(8-11-21)15-27-13-1-2-14-27/h3-12,17,30H,1-2,13-16H2,(H,25,29). The monoisotopic (exact) mass is 403 g/mol. The second-order valence-corrected chi connectivity index (χ2v) is 7.53. The maximum Gasteiger partial charge on any atom is 0.267 e. The first-order valence-corrected chi connectivity index (χ1v) is 10.1. The normalized spacial score (nSPS) is 14.4. The topological polar surface area (TPSA) is 83.3 Å². The molecule has 0 radical (unpaired) electrons. The lowest BCUT2D eigenvalue weighted by Crippen LogP contribution is -2.18. The molecule has 1 aliphatic rings. The molecule has 1 aromatic heterocycles. The van der Waals surface area contributed by atoms with Crippen molar-refractivity contribution in [3.8, 4) is 11.3 Å². The number of rotatable bonds is 7. The Morgan fingerprint density at radius 3 is 2.37 bits per heavy atom. The summed E-state index contributed by atoms with van der Waals surface area (Å²) in [6, 6.07) is 16.4. The Kier molecular flexibility index (Phi) is 6.32. The van der Waals surface area contributed by atoms with Crippen molar-refractivity contribution in [2.75, 3.05) is 13.1 Å². The third-order valence-corrected chi connectivity index (χ3v) is 5.25. The van der Waals surface area contributed by atoms with E-state index >= 15 is 0 Å². The number of carbonyl (C=O) groups excluding carboxylic acids is 1. The van der Waals surface area contributed by atoms with Crippen LogP contribution in [-0.4, -0.2) is 44.1 Å². The summed E-state index contributed by atoms with van der Waals surface area (Å²) in [4.78, 5) is 13.5. The van der Waals surface area contributed by atoms with Crippen LogP contribution in [0.15, 0.2) is 60.8 Å². The van der Waals surface area contributed by atoms with Gasteiger partial charge in [0, 0.05) is 18.2 Å². The molecule has 2 heterocycles. The highest BCUT2D eigenvalue weighted by Crippen LogP contribution is 2.19. The summed E-state index contributed by atoms with van der Waals surface area (Å²) in [6.45, 7) is 4.03. The molecule has 0 saturated carbocycles. The smallest absolute Gasteiger partial charge is 0.267 e. The highest BCUT2D eigenvalue weighted by molar-refractivity contribution is 5.90. The maximum absolute atomic E-state index is 11.0. The molecule has 30 heavy (non-hydrogen) atoms. The van der Waals surface area contributed by atoms with Gasteiger partial charge in [-0.1, -0.05) is 53.7 Å². The minimum Gasteiger partial charge on any atom is -0.299 e. The minimum atomic E-state index is -0.557. The van der Waals surface area contributed by atoms with Gasteiger partial charge in [0.05, 0.1) is 12.7 Å². The Labute approximate surface area is 175 Å². The van der Waals surface area contributed by atoms with Gasteiger partial charge in [0.25, 0.3) is 5.91 Å². The first kappa shape index (κ1) is 20.0. The molecule has 3 aromatic rings. The van der Waals surface area contributed by atoms with Crippen LogP contribution >= 0.6 is 0 Å². The van der Waals surface area contributed by atoms with Crippen molar-refractivity contribution in [1.82, 2.24) is 25.4 Å². The number of aromatic nitrogens is 3. The Bertz CT molecular complexity index is 1000. The molecule has 0 bridgehead atoms. The van der Waals surface area contributed by atoms with E-state index in [0.717, 1.165) is 28.9 Å². The van der Waals surface area contributed by atoms with Crippen molar-refractivity contribution >= 4 is 12.0 Å². The molecule has 0 spiro atoms. The van der Waals surface area contributed by atoms with Crippen molar-refractivity contribution in [3.63, 3.8) is 0 Å². The zero-order valence-corrected chi connectivity index (χ0v) is 16.7. The van der Waals surface area contributed by atoms with Gasteiger partial charge in [0.2, 0.25) is 0 Å². The molecule has 1 saturated heterocycles. The first-order valence-electron chi connectivity index (χ1n) is 10.1. The number of amides is 1. The van der Waals surface area contributed by atoms with Crippen molar-refractivity contribution in [2.45, 2.75) is 25.9 Å². The minimum absolute atomic E-state index is 0.557. The van der Waals surface area contributed by atoms with Gasteiger partial charge in [-0.15, -0.1) is 5.10 Å². The van der Waals surface area contributed by atoms with Gasteiger partial charge in [-0.25, -0.2) is 10.2 Å². The molecule has 1 amide bonds. The maximum atomic E-state index is 11.0. The van der Waals surface area contributed by atoms with Crippen molar-refractivity contribution < 1.29 is 10.0 Å². The molecular formula is C23H25N5O2. The average molecular weight is 403 g/mol. The lowest BCUT2D eigenvalue weighted by molar-refractivity contribution is -0.124. The second-order valence-electron chi connectivity index (χ2n) is 7.53. The molecule has 7 heteroatoms. The molecule has 2 aromatic carbocycles. The van der Waals surface area contributed by atoms with E-state index in [4.69, 9.17) is 5.21 Å². The fourth-order valence-corrected chi connectivity index (χ4v) is 3.62. The number of hydrogen-bond acceptors (Lipinski definition) is 5. The van der Waals surface area contributed by atoms with E-state index < -0.39 is 5.91 Å². The fourth-order valence-electron chi connectivity index (χ4n) is 3.62. The van der Waals surface area contributed by atoms with Gasteiger partial charge in [-0.2, -0.15) is 0 Å². The number of hydrogen-bond donors (Lipinski definition) is 2. The largest absolute Gasteiger partial charge is 0.299 e. The fraction of sp³-hybridized carbons (Fsp3) is 0.261. The highest BCUT2D eigenvalue weighted by Gasteiger charge is 2.12. The van der Waals surface area contributed by atoms with Gasteiger partial charge in [-0.3, -0.25) is 14.9 Å². The number of likely N-dealkylation sites (tertiary alicyclic amines) is 1. The van der Waals surface area contributed by atoms with E-state index in [1.54, 1.807) is 11.6 Å². The van der Waals surface area contributed by atoms with Gasteiger partial charge in [-0.05, 0) is 48.7 Å². The molecule has 1 aliphatic heterocycles. The number of nitrogens with zero attached hydrogens (tertiary/aromatic N) is 4. The lowest BCUT2D eigenvalue weighted by atomic mass is 10.1. The van der Waals surface area contributed by atoms with E-state index in [-0.39, 0.29) is 0 Å². The number of nitrogens with one attached hydrogen (secondary N) is 1. The average Bonchev–Trinajstić information content (AvgIpc) is 3.46. The van der Waals surface area contributed by atoms with E-state index in [2.05, 4.69) is 39.5 Å². The predicted octanol–water partition coefficient (Wildman–Crippen LogP) is 3.11. The molecule has 4 rings (SSSR count). The molecule has 7 nitrogen and oxygen atoms in total. The third-order valence-electron chi connectivity index (χ3n) is 5.25. The van der Waals surface area contributed by atoms with Crippen molar-refractivity contribution in [1.29, 1.82) is 0 Å². The SMILES string of the molecule is O=C(C=Cc1ccc(Cn2cc(-c3ccc(CN4CCCC4)cc3)nn2)cc1)NO. The van der Waals surface area contributed by atoms with E-state index in [1.165, 1.54) is 37.6 Å². The van der Waals surface area contributed by atoms with E-state index in [1.807, 2.05) is 35.1 Å². The molecular weight excluding hydrogens is 378 g/mol. The van der Waals surface area contributed by atoms with Gasteiger partial charge >= 0.3 is 0 Å². The summed E-state index contributed by atoms with van der Waals surface area (Å²) in [5.74, 6) is -0.557. The lowest BCUT2D eigenvalue weighted by Gasteiger charge is -2.14. The van der Waals surface area contributed by atoms with Crippen LogP contribution in [0.25, 0.3) is 17.3 Å². The van der Waals surface area contributed by atoms with Crippen LogP contribution in [-0.2, 0) is 17.9 Å². The van der Waals surface area contributed by atoms with Crippen molar-refractivity contribution in [2.24, 2.45) is 0 Å². The molecule has 154 valence electrons. The molecule has 0 atom stereocenters. The Morgan fingerprint density at radius 1 is 1.00 bits per heavy atom. The number of hydroxylamine groups is 1. The molecule has 0 aliphatic carbocycles. The Hall–Kier alpha value is -3.29. The van der Waals surface area contributed by atoms with Crippen molar-refractivity contribution in [3.05, 3.63) is 77.5 Å². The van der Waals surface area contributed by atoms with Crippen LogP contribution < -0.4 is 5.48 Å². The molecule has 2 N–H and O–H groups in total. The van der Waals surface area contributed by atoms with Gasteiger partial charge < -0.3 is 0 Å². The number of carbonyl (C=O) groups is 1. The van der Waals surface area contributed by atoms with E-state index in [0.29, 0.717) is 6.54 Å². The van der Waals surface area contributed by atoms with Crippen LogP contribution in [0.1, 0.15) is 29.5 Å². The van der Waals surface area contributed by atoms with Gasteiger partial charge in [0.1, 0.15) is 5.69 Å². The second kappa shape index (κ2) is 9.47.